The largest absolute Gasteiger partial charge is 0.494 e. The average molecular weight is 389 g/mol. The topological polar surface area (TPSA) is 83.8 Å². The molecule has 7 heteroatoms. The van der Waals surface area contributed by atoms with Crippen LogP contribution in [0, 0.1) is 0 Å². The first-order chi connectivity index (χ1) is 13.5. The Hall–Kier alpha value is -2.83. The van der Waals surface area contributed by atoms with Crippen LogP contribution in [0.1, 0.15) is 39.5 Å². The highest BCUT2D eigenvalue weighted by molar-refractivity contribution is 5.80. The summed E-state index contributed by atoms with van der Waals surface area (Å²) in [4.78, 5) is 35.2. The van der Waals surface area contributed by atoms with Crippen LogP contribution < -0.4 is 10.3 Å². The Bertz CT molecular complexity index is 858. The summed E-state index contributed by atoms with van der Waals surface area (Å²) in [5.74, 6) is 0.127. The first-order valence-electron chi connectivity index (χ1n) is 9.62. The fourth-order valence-corrected chi connectivity index (χ4v) is 2.84. The van der Waals surface area contributed by atoms with Crippen molar-refractivity contribution < 1.29 is 23.8 Å². The highest BCUT2D eigenvalue weighted by atomic mass is 16.5. The number of hydrogen-bond acceptors (Lipinski definition) is 6. The van der Waals surface area contributed by atoms with Crippen molar-refractivity contribution >= 4 is 22.8 Å². The number of hydrogen-bond donors (Lipinski definition) is 0. The zero-order valence-corrected chi connectivity index (χ0v) is 16.4. The Kier molecular flexibility index (Phi) is 8.52. The molecule has 0 N–H and O–H groups in total. The van der Waals surface area contributed by atoms with Crippen molar-refractivity contribution in [3.8, 4) is 5.75 Å². The smallest absolute Gasteiger partial charge is 0.305 e. The van der Waals surface area contributed by atoms with Gasteiger partial charge in [-0.05, 0) is 50.3 Å². The Morgan fingerprint density at radius 3 is 2.25 bits per heavy atom. The van der Waals surface area contributed by atoms with E-state index in [-0.39, 0.29) is 23.9 Å². The fraction of sp³-hybridized carbons (Fsp3) is 0.476. The molecule has 0 bridgehead atoms. The summed E-state index contributed by atoms with van der Waals surface area (Å²) in [6, 6.07) is 8.82. The van der Waals surface area contributed by atoms with Crippen LogP contribution in [0.2, 0.25) is 0 Å². The van der Waals surface area contributed by atoms with Crippen LogP contribution in [-0.2, 0) is 25.6 Å². The van der Waals surface area contributed by atoms with Gasteiger partial charge in [-0.15, -0.1) is 0 Å². The lowest BCUT2D eigenvalue weighted by molar-refractivity contribution is -0.144. The standard InChI is InChI=1S/C21H27NO6/c1-3-26-20(24)7-5-13-22-18-15-17(11-9-16(18)10-12-19(22)23)28-14-6-8-21(25)27-4-2/h9-12,15H,3-8,13-14H2,1-2H3. The van der Waals surface area contributed by atoms with Crippen molar-refractivity contribution in [3.63, 3.8) is 0 Å². The molecule has 0 unspecified atom stereocenters. The van der Waals surface area contributed by atoms with E-state index >= 15 is 0 Å². The number of aryl methyl sites for hydroxylation is 1. The fourth-order valence-electron chi connectivity index (χ4n) is 2.84. The molecular formula is C21H27NO6. The number of aromatic nitrogens is 1. The Morgan fingerprint density at radius 2 is 1.57 bits per heavy atom. The van der Waals surface area contributed by atoms with E-state index in [2.05, 4.69) is 0 Å². The molecule has 0 spiro atoms. The molecule has 2 rings (SSSR count). The van der Waals surface area contributed by atoms with Gasteiger partial charge < -0.3 is 18.8 Å². The van der Waals surface area contributed by atoms with E-state index in [9.17, 15) is 14.4 Å². The van der Waals surface area contributed by atoms with Gasteiger partial charge in [0.1, 0.15) is 5.75 Å². The molecule has 0 saturated carbocycles. The third-order valence-corrected chi connectivity index (χ3v) is 4.13. The molecule has 28 heavy (non-hydrogen) atoms. The molecular weight excluding hydrogens is 362 g/mol. The molecule has 1 aromatic heterocycles. The van der Waals surface area contributed by atoms with Crippen LogP contribution in [0.15, 0.2) is 35.1 Å². The van der Waals surface area contributed by atoms with Crippen molar-refractivity contribution in [3.05, 3.63) is 40.7 Å². The maximum atomic E-state index is 12.3. The number of esters is 2. The van der Waals surface area contributed by atoms with E-state index in [1.165, 1.54) is 6.07 Å². The van der Waals surface area contributed by atoms with Crippen LogP contribution in [0.25, 0.3) is 10.9 Å². The second kappa shape index (κ2) is 11.1. The number of carbonyl (C=O) groups excluding carboxylic acids is 2. The first-order valence-corrected chi connectivity index (χ1v) is 9.62. The van der Waals surface area contributed by atoms with Crippen LogP contribution >= 0.6 is 0 Å². The van der Waals surface area contributed by atoms with Gasteiger partial charge in [0.2, 0.25) is 0 Å². The number of benzene rings is 1. The Balaban J connectivity index is 2.03. The number of rotatable bonds is 11. The summed E-state index contributed by atoms with van der Waals surface area (Å²) in [5, 5.41) is 0.912. The highest BCUT2D eigenvalue weighted by Gasteiger charge is 2.08. The normalized spacial score (nSPS) is 10.6. The summed E-state index contributed by atoms with van der Waals surface area (Å²) in [7, 11) is 0. The van der Waals surface area contributed by atoms with E-state index in [4.69, 9.17) is 14.2 Å². The SMILES string of the molecule is CCOC(=O)CCCOc1ccc2ccc(=O)n(CCCC(=O)OCC)c2c1. The second-order valence-corrected chi connectivity index (χ2v) is 6.21. The average Bonchev–Trinajstić information content (AvgIpc) is 2.67. The van der Waals surface area contributed by atoms with E-state index in [1.54, 1.807) is 24.5 Å². The quantitative estimate of drug-likeness (QED) is 0.434. The van der Waals surface area contributed by atoms with E-state index in [1.807, 2.05) is 18.2 Å². The first kappa shape index (κ1) is 21.5. The lowest BCUT2D eigenvalue weighted by atomic mass is 10.2. The molecule has 152 valence electrons. The van der Waals surface area contributed by atoms with Crippen molar-refractivity contribution in [2.24, 2.45) is 0 Å². The number of carbonyl (C=O) groups is 2. The molecule has 0 aliphatic rings. The predicted octanol–water partition coefficient (Wildman–Crippen LogP) is 3.07. The molecule has 2 aromatic rings. The molecule has 0 aliphatic carbocycles. The lowest BCUT2D eigenvalue weighted by Gasteiger charge is -2.12. The summed E-state index contributed by atoms with van der Waals surface area (Å²) >= 11 is 0. The van der Waals surface area contributed by atoms with E-state index < -0.39 is 0 Å². The minimum Gasteiger partial charge on any atom is -0.494 e. The zero-order chi connectivity index (χ0) is 20.4. The summed E-state index contributed by atoms with van der Waals surface area (Å²) in [5.41, 5.74) is 0.620. The zero-order valence-electron chi connectivity index (χ0n) is 16.4. The highest BCUT2D eigenvalue weighted by Crippen LogP contribution is 2.20. The molecule has 1 heterocycles. The van der Waals surface area contributed by atoms with Gasteiger partial charge in [-0.1, -0.05) is 0 Å². The van der Waals surface area contributed by atoms with Crippen LogP contribution in [0.4, 0.5) is 0 Å². The van der Waals surface area contributed by atoms with Gasteiger partial charge in [-0.25, -0.2) is 0 Å². The van der Waals surface area contributed by atoms with Gasteiger partial charge in [0.15, 0.2) is 0 Å². The monoisotopic (exact) mass is 389 g/mol. The second-order valence-electron chi connectivity index (χ2n) is 6.21. The molecule has 0 atom stereocenters. The minimum absolute atomic E-state index is 0.129. The number of pyridine rings is 1. The van der Waals surface area contributed by atoms with Gasteiger partial charge in [0, 0.05) is 31.5 Å². The van der Waals surface area contributed by atoms with Gasteiger partial charge in [0.25, 0.3) is 5.56 Å². The Labute approximate surface area is 164 Å². The maximum absolute atomic E-state index is 12.3. The number of fused-ring (bicyclic) bond motifs is 1. The Morgan fingerprint density at radius 1 is 0.929 bits per heavy atom. The molecule has 7 nitrogen and oxygen atoms in total. The summed E-state index contributed by atoms with van der Waals surface area (Å²) < 4.78 is 17.2. The summed E-state index contributed by atoms with van der Waals surface area (Å²) in [6.45, 7) is 5.06. The predicted molar refractivity (Wildman–Crippen MR) is 105 cm³/mol. The van der Waals surface area contributed by atoms with E-state index in [0.717, 1.165) is 10.9 Å². The maximum Gasteiger partial charge on any atom is 0.305 e. The summed E-state index contributed by atoms with van der Waals surface area (Å²) in [6.07, 6.45) is 1.64. The number of ether oxygens (including phenoxy) is 3. The molecule has 0 radical (unpaired) electrons. The van der Waals surface area contributed by atoms with Gasteiger partial charge in [-0.2, -0.15) is 0 Å². The van der Waals surface area contributed by atoms with E-state index in [0.29, 0.717) is 51.4 Å². The van der Waals surface area contributed by atoms with Gasteiger partial charge in [-0.3, -0.25) is 14.4 Å². The number of nitrogens with zero attached hydrogens (tertiary/aromatic N) is 1. The molecule has 0 aliphatic heterocycles. The molecule has 0 amide bonds. The van der Waals surface area contributed by atoms with Crippen molar-refractivity contribution in [1.29, 1.82) is 0 Å². The van der Waals surface area contributed by atoms with Crippen molar-refractivity contribution in [1.82, 2.24) is 4.57 Å². The third kappa shape index (κ3) is 6.40. The molecule has 0 saturated heterocycles. The molecule has 1 aromatic carbocycles. The van der Waals surface area contributed by atoms with Crippen LogP contribution in [0.3, 0.4) is 0 Å². The van der Waals surface area contributed by atoms with Crippen molar-refractivity contribution in [2.45, 2.75) is 46.1 Å². The minimum atomic E-state index is -0.263. The lowest BCUT2D eigenvalue weighted by Crippen LogP contribution is -2.20. The third-order valence-electron chi connectivity index (χ3n) is 4.13. The molecule has 0 fully saturated rings. The van der Waals surface area contributed by atoms with Crippen LogP contribution in [-0.4, -0.2) is 36.3 Å². The van der Waals surface area contributed by atoms with Gasteiger partial charge >= 0.3 is 11.9 Å². The van der Waals surface area contributed by atoms with Crippen molar-refractivity contribution in [2.75, 3.05) is 19.8 Å². The van der Waals surface area contributed by atoms with Gasteiger partial charge in [0.05, 0.1) is 25.3 Å². The van der Waals surface area contributed by atoms with Crippen LogP contribution in [0.5, 0.6) is 5.75 Å².